The molecule has 1 aliphatic heterocycles. The summed E-state index contributed by atoms with van der Waals surface area (Å²) in [4.78, 5) is 28.3. The highest BCUT2D eigenvalue weighted by Crippen LogP contribution is 2.43. The summed E-state index contributed by atoms with van der Waals surface area (Å²) in [6, 6.07) is 20.9. The highest BCUT2D eigenvalue weighted by Gasteiger charge is 2.47. The minimum atomic E-state index is -0.810. The molecule has 1 amide bonds. The maximum Gasteiger partial charge on any atom is 0.300 e. The summed E-state index contributed by atoms with van der Waals surface area (Å²) >= 11 is 0. The van der Waals surface area contributed by atoms with Gasteiger partial charge < -0.3 is 14.6 Å². The van der Waals surface area contributed by atoms with E-state index in [0.29, 0.717) is 29.2 Å². The topological polar surface area (TPSA) is 76.1 Å². The van der Waals surface area contributed by atoms with Crippen LogP contribution >= 0.6 is 0 Å². The minimum Gasteiger partial charge on any atom is -0.507 e. The molecule has 6 nitrogen and oxygen atoms in total. The molecular formula is C32H35NO5. The lowest BCUT2D eigenvalue weighted by molar-refractivity contribution is -0.132. The van der Waals surface area contributed by atoms with Crippen LogP contribution in [0.4, 0.5) is 5.69 Å². The van der Waals surface area contributed by atoms with Gasteiger partial charge in [0.25, 0.3) is 11.7 Å². The molecule has 198 valence electrons. The number of hydrogen-bond donors (Lipinski definition) is 1. The molecule has 1 unspecified atom stereocenters. The van der Waals surface area contributed by atoms with Crippen LogP contribution in [0.1, 0.15) is 64.3 Å². The van der Waals surface area contributed by atoms with Gasteiger partial charge in [-0.25, -0.2) is 0 Å². The Morgan fingerprint density at radius 2 is 1.63 bits per heavy atom. The number of benzene rings is 3. The van der Waals surface area contributed by atoms with E-state index in [2.05, 4.69) is 20.8 Å². The number of hydrogen-bond acceptors (Lipinski definition) is 5. The molecule has 4 rings (SSSR count). The van der Waals surface area contributed by atoms with Crippen LogP contribution in [-0.2, 0) is 15.0 Å². The highest BCUT2D eigenvalue weighted by atomic mass is 16.5. The number of ketones is 1. The van der Waals surface area contributed by atoms with Gasteiger partial charge >= 0.3 is 0 Å². The molecule has 6 heteroatoms. The van der Waals surface area contributed by atoms with Crippen molar-refractivity contribution in [3.05, 3.63) is 95.1 Å². The first kappa shape index (κ1) is 27.0. The van der Waals surface area contributed by atoms with Crippen LogP contribution in [0.5, 0.6) is 11.5 Å². The number of aliphatic hydroxyl groups excluding tert-OH is 1. The first-order chi connectivity index (χ1) is 18.0. The Morgan fingerprint density at radius 3 is 2.21 bits per heavy atom. The number of para-hydroxylation sites is 1. The summed E-state index contributed by atoms with van der Waals surface area (Å²) < 4.78 is 11.6. The average molecular weight is 514 g/mol. The van der Waals surface area contributed by atoms with E-state index in [1.54, 1.807) is 24.3 Å². The van der Waals surface area contributed by atoms with Gasteiger partial charge in [-0.15, -0.1) is 0 Å². The number of aliphatic hydroxyl groups is 1. The number of ether oxygens (including phenoxy) is 2. The van der Waals surface area contributed by atoms with Gasteiger partial charge in [-0.3, -0.25) is 14.5 Å². The Kier molecular flexibility index (Phi) is 7.63. The number of amides is 1. The quantitative estimate of drug-likeness (QED) is 0.214. The molecule has 1 N–H and O–H groups in total. The molecular weight excluding hydrogens is 478 g/mol. The van der Waals surface area contributed by atoms with Crippen molar-refractivity contribution in [3.63, 3.8) is 0 Å². The number of Topliss-reactive ketones (excluding diaryl/α,β-unsaturated/α-hetero) is 1. The van der Waals surface area contributed by atoms with Crippen LogP contribution in [0.15, 0.2) is 78.4 Å². The lowest BCUT2D eigenvalue weighted by Crippen LogP contribution is -2.29. The molecule has 1 fully saturated rings. The summed E-state index contributed by atoms with van der Waals surface area (Å²) in [6.45, 7) is 12.5. The van der Waals surface area contributed by atoms with Crippen LogP contribution < -0.4 is 14.4 Å². The molecule has 0 bridgehead atoms. The fourth-order valence-corrected chi connectivity index (χ4v) is 4.70. The molecule has 3 aromatic carbocycles. The molecule has 0 aliphatic carbocycles. The van der Waals surface area contributed by atoms with E-state index >= 15 is 0 Å². The van der Waals surface area contributed by atoms with Gasteiger partial charge in [0.05, 0.1) is 24.3 Å². The molecule has 0 aromatic heterocycles. The summed E-state index contributed by atoms with van der Waals surface area (Å²) in [5.41, 5.74) is 2.38. The van der Waals surface area contributed by atoms with E-state index in [0.717, 1.165) is 11.3 Å². The van der Waals surface area contributed by atoms with Crippen molar-refractivity contribution < 1.29 is 24.2 Å². The first-order valence-corrected chi connectivity index (χ1v) is 12.9. The van der Waals surface area contributed by atoms with Gasteiger partial charge in [0.1, 0.15) is 17.3 Å². The second kappa shape index (κ2) is 10.7. The van der Waals surface area contributed by atoms with Gasteiger partial charge in [0.15, 0.2) is 0 Å². The number of carbonyl (C=O) groups is 2. The van der Waals surface area contributed by atoms with E-state index in [1.165, 1.54) is 4.90 Å². The predicted molar refractivity (Wildman–Crippen MR) is 150 cm³/mol. The molecule has 0 radical (unpaired) electrons. The fraction of sp³-hybridized carbons (Fsp3) is 0.312. The zero-order chi connectivity index (χ0) is 27.6. The molecule has 1 atom stereocenters. The third-order valence-corrected chi connectivity index (χ3v) is 6.41. The largest absolute Gasteiger partial charge is 0.507 e. The van der Waals surface area contributed by atoms with Crippen molar-refractivity contribution in [2.75, 3.05) is 11.5 Å². The van der Waals surface area contributed by atoms with Crippen LogP contribution in [0, 0.1) is 0 Å². The van der Waals surface area contributed by atoms with Crippen molar-refractivity contribution in [3.8, 4) is 11.5 Å². The third-order valence-electron chi connectivity index (χ3n) is 6.41. The van der Waals surface area contributed by atoms with Crippen molar-refractivity contribution in [2.24, 2.45) is 0 Å². The number of nitrogens with zero attached hydrogens (tertiary/aromatic N) is 1. The molecule has 1 aliphatic rings. The Labute approximate surface area is 224 Å². The maximum absolute atomic E-state index is 13.5. The normalized spacial score (nSPS) is 17.2. The van der Waals surface area contributed by atoms with Crippen LogP contribution in [0.2, 0.25) is 0 Å². The van der Waals surface area contributed by atoms with E-state index < -0.39 is 17.7 Å². The van der Waals surface area contributed by atoms with Gasteiger partial charge in [0, 0.05) is 16.8 Å². The minimum absolute atomic E-state index is 0.00692. The Balaban J connectivity index is 1.90. The van der Waals surface area contributed by atoms with E-state index in [-0.39, 0.29) is 22.9 Å². The molecule has 3 aromatic rings. The standard InChI is InChI=1S/C32H35NO5/c1-7-37-26-18-15-22(19-25(26)32(4,5)6)29(34)27-28(21-13-16-24(17-14-21)38-20(2)3)33(31(36)30(27)35)23-11-9-8-10-12-23/h8-20,28,34H,7H2,1-6H3/b29-27-. The van der Waals surface area contributed by atoms with E-state index in [1.807, 2.05) is 69.3 Å². The highest BCUT2D eigenvalue weighted by molar-refractivity contribution is 6.51. The monoisotopic (exact) mass is 513 g/mol. The summed E-state index contributed by atoms with van der Waals surface area (Å²) in [7, 11) is 0. The lowest BCUT2D eigenvalue weighted by Gasteiger charge is -2.26. The van der Waals surface area contributed by atoms with Crippen molar-refractivity contribution >= 4 is 23.1 Å². The molecule has 0 saturated carbocycles. The molecule has 1 heterocycles. The van der Waals surface area contributed by atoms with Crippen molar-refractivity contribution in [1.29, 1.82) is 0 Å². The second-order valence-corrected chi connectivity index (χ2v) is 10.6. The zero-order valence-electron chi connectivity index (χ0n) is 22.8. The summed E-state index contributed by atoms with van der Waals surface area (Å²) in [6.07, 6.45) is 0.00692. The van der Waals surface area contributed by atoms with Gasteiger partial charge in [0.2, 0.25) is 0 Å². The first-order valence-electron chi connectivity index (χ1n) is 12.9. The smallest absolute Gasteiger partial charge is 0.300 e. The zero-order valence-corrected chi connectivity index (χ0v) is 22.8. The van der Waals surface area contributed by atoms with Crippen molar-refractivity contribution in [1.82, 2.24) is 0 Å². The van der Waals surface area contributed by atoms with Crippen LogP contribution in [-0.4, -0.2) is 29.5 Å². The summed E-state index contributed by atoms with van der Waals surface area (Å²) in [5.74, 6) is -0.236. The maximum atomic E-state index is 13.5. The third kappa shape index (κ3) is 5.30. The molecule has 1 saturated heterocycles. The number of rotatable bonds is 7. The Hall–Kier alpha value is -4.06. The SMILES string of the molecule is CCOc1ccc(/C(O)=C2/C(=O)C(=O)N(c3ccccc3)C2c2ccc(OC(C)C)cc2)cc1C(C)(C)C. The van der Waals surface area contributed by atoms with Crippen molar-refractivity contribution in [2.45, 2.75) is 59.1 Å². The van der Waals surface area contributed by atoms with Crippen LogP contribution in [0.3, 0.4) is 0 Å². The Morgan fingerprint density at radius 1 is 0.974 bits per heavy atom. The molecule has 38 heavy (non-hydrogen) atoms. The van der Waals surface area contributed by atoms with E-state index in [9.17, 15) is 14.7 Å². The summed E-state index contributed by atoms with van der Waals surface area (Å²) in [5, 5.41) is 11.6. The van der Waals surface area contributed by atoms with Gasteiger partial charge in [-0.1, -0.05) is 51.1 Å². The predicted octanol–water partition coefficient (Wildman–Crippen LogP) is 6.80. The number of anilines is 1. The second-order valence-electron chi connectivity index (χ2n) is 10.6. The van der Waals surface area contributed by atoms with E-state index in [4.69, 9.17) is 9.47 Å². The van der Waals surface area contributed by atoms with Gasteiger partial charge in [-0.05, 0) is 74.2 Å². The molecule has 0 spiro atoms. The van der Waals surface area contributed by atoms with Gasteiger partial charge in [-0.2, -0.15) is 0 Å². The fourth-order valence-electron chi connectivity index (χ4n) is 4.70. The average Bonchev–Trinajstić information content (AvgIpc) is 3.14. The Bertz CT molecular complexity index is 1350. The number of carbonyl (C=O) groups excluding carboxylic acids is 2. The lowest BCUT2D eigenvalue weighted by atomic mass is 9.84. The van der Waals surface area contributed by atoms with Crippen LogP contribution in [0.25, 0.3) is 5.76 Å².